The second-order valence-electron chi connectivity index (χ2n) is 7.97. The van der Waals surface area contributed by atoms with E-state index in [1.165, 1.54) is 38.5 Å². The van der Waals surface area contributed by atoms with Crippen molar-refractivity contribution in [2.75, 3.05) is 0 Å². The summed E-state index contributed by atoms with van der Waals surface area (Å²) >= 11 is 6.17. The number of benzene rings is 5. The molecule has 0 bridgehead atoms. The van der Waals surface area contributed by atoms with Crippen LogP contribution in [0.3, 0.4) is 0 Å². The Kier molecular flexibility index (Phi) is 4.56. The molecule has 0 spiro atoms. The molecular weight excluding hydrogens is 410 g/mol. The number of aromatic nitrogens is 1. The van der Waals surface area contributed by atoms with Gasteiger partial charge in [0.15, 0.2) is 0 Å². The fourth-order valence-electron chi connectivity index (χ4n) is 4.58. The summed E-state index contributed by atoms with van der Waals surface area (Å²) in [6, 6.07) is 42.6. The average Bonchev–Trinajstić information content (AvgIpc) is 3.19. The van der Waals surface area contributed by atoms with Gasteiger partial charge in [-0.2, -0.15) is 0 Å². The molecule has 6 aromatic rings. The minimum absolute atomic E-state index is 0.746. The number of hydrogen-bond acceptors (Lipinski definition) is 0. The van der Waals surface area contributed by atoms with E-state index in [1.54, 1.807) is 0 Å². The van der Waals surface area contributed by atoms with Crippen molar-refractivity contribution in [1.29, 1.82) is 0 Å². The van der Waals surface area contributed by atoms with Crippen molar-refractivity contribution in [2.24, 2.45) is 0 Å². The predicted molar refractivity (Wildman–Crippen MR) is 137 cm³/mol. The van der Waals surface area contributed by atoms with Crippen LogP contribution in [0.5, 0.6) is 0 Å². The Labute approximate surface area is 192 Å². The van der Waals surface area contributed by atoms with Crippen LogP contribution < -0.4 is 0 Å². The molecule has 0 unspecified atom stereocenters. The maximum atomic E-state index is 6.17. The number of hydrogen-bond donors (Lipinski definition) is 0. The third kappa shape index (κ3) is 3.10. The second-order valence-corrected chi connectivity index (χ2v) is 8.41. The first-order valence-electron chi connectivity index (χ1n) is 10.7. The third-order valence-electron chi connectivity index (χ3n) is 6.08. The molecule has 1 nitrogen and oxygen atoms in total. The summed E-state index contributed by atoms with van der Waals surface area (Å²) in [5.74, 6) is 0. The molecule has 5 aromatic carbocycles. The molecule has 0 saturated carbocycles. The molecule has 0 aliphatic carbocycles. The van der Waals surface area contributed by atoms with Crippen molar-refractivity contribution in [2.45, 2.75) is 0 Å². The molecule has 0 fully saturated rings. The van der Waals surface area contributed by atoms with Gasteiger partial charge in [-0.15, -0.1) is 0 Å². The zero-order chi connectivity index (χ0) is 21.5. The first-order valence-corrected chi connectivity index (χ1v) is 11.1. The van der Waals surface area contributed by atoms with Crippen LogP contribution in [0.15, 0.2) is 121 Å². The minimum Gasteiger partial charge on any atom is -0.309 e. The van der Waals surface area contributed by atoms with Gasteiger partial charge in [-0.05, 0) is 47.0 Å². The summed E-state index contributed by atoms with van der Waals surface area (Å²) in [4.78, 5) is 0. The van der Waals surface area contributed by atoms with Crippen molar-refractivity contribution in [1.82, 2.24) is 4.57 Å². The molecule has 32 heavy (non-hydrogen) atoms. The van der Waals surface area contributed by atoms with Gasteiger partial charge in [0.1, 0.15) is 0 Å². The lowest BCUT2D eigenvalue weighted by molar-refractivity contribution is 1.18. The number of rotatable bonds is 3. The van der Waals surface area contributed by atoms with Gasteiger partial charge in [0.2, 0.25) is 0 Å². The molecule has 0 radical (unpaired) electrons. The van der Waals surface area contributed by atoms with Gasteiger partial charge in [-0.3, -0.25) is 0 Å². The van der Waals surface area contributed by atoms with Crippen LogP contribution in [0.1, 0.15) is 0 Å². The zero-order valence-electron chi connectivity index (χ0n) is 17.4. The molecule has 0 saturated heterocycles. The Balaban J connectivity index is 1.68. The zero-order valence-corrected chi connectivity index (χ0v) is 18.1. The van der Waals surface area contributed by atoms with E-state index in [1.807, 2.05) is 12.1 Å². The van der Waals surface area contributed by atoms with Crippen LogP contribution >= 0.6 is 11.6 Å². The molecule has 0 amide bonds. The standard InChI is InChI=1S/C30H20ClN/c31-24-17-14-22(15-18-24)25-10-4-6-12-28(25)32-29-13-7-5-11-26(29)27-19-16-23(20-30(27)32)21-8-2-1-3-9-21/h1-20H. The number of nitrogens with zero attached hydrogens (tertiary/aromatic N) is 1. The Morgan fingerprint density at radius 2 is 1.12 bits per heavy atom. The summed E-state index contributed by atoms with van der Waals surface area (Å²) in [5, 5.41) is 3.26. The molecule has 0 aliphatic rings. The van der Waals surface area contributed by atoms with Crippen LogP contribution in [-0.2, 0) is 0 Å². The molecule has 2 heteroatoms. The van der Waals surface area contributed by atoms with Crippen molar-refractivity contribution >= 4 is 33.4 Å². The lowest BCUT2D eigenvalue weighted by atomic mass is 10.0. The van der Waals surface area contributed by atoms with E-state index in [-0.39, 0.29) is 0 Å². The number of para-hydroxylation sites is 2. The van der Waals surface area contributed by atoms with Gasteiger partial charge < -0.3 is 4.57 Å². The molecular formula is C30H20ClN. The van der Waals surface area contributed by atoms with Crippen molar-refractivity contribution < 1.29 is 0 Å². The van der Waals surface area contributed by atoms with E-state index in [0.29, 0.717) is 0 Å². The average molecular weight is 430 g/mol. The summed E-state index contributed by atoms with van der Waals surface area (Å²) in [6.45, 7) is 0. The van der Waals surface area contributed by atoms with Gasteiger partial charge in [-0.1, -0.05) is 103 Å². The van der Waals surface area contributed by atoms with Crippen molar-refractivity contribution in [3.05, 3.63) is 126 Å². The van der Waals surface area contributed by atoms with E-state index in [2.05, 4.69) is 114 Å². The molecule has 1 aromatic heterocycles. The van der Waals surface area contributed by atoms with Crippen LogP contribution in [0.25, 0.3) is 49.7 Å². The summed E-state index contributed by atoms with van der Waals surface area (Å²) in [5.41, 5.74) is 8.32. The Bertz CT molecular complexity index is 1560. The van der Waals surface area contributed by atoms with Crippen LogP contribution in [0.4, 0.5) is 0 Å². The van der Waals surface area contributed by atoms with Gasteiger partial charge >= 0.3 is 0 Å². The Morgan fingerprint density at radius 1 is 0.469 bits per heavy atom. The van der Waals surface area contributed by atoms with E-state index < -0.39 is 0 Å². The molecule has 6 rings (SSSR count). The summed E-state index contributed by atoms with van der Waals surface area (Å²) in [7, 11) is 0. The summed E-state index contributed by atoms with van der Waals surface area (Å²) < 4.78 is 2.39. The SMILES string of the molecule is Clc1ccc(-c2ccccc2-n2c3ccccc3c3ccc(-c4ccccc4)cc32)cc1. The number of fused-ring (bicyclic) bond motifs is 3. The highest BCUT2D eigenvalue weighted by Gasteiger charge is 2.16. The van der Waals surface area contributed by atoms with Crippen molar-refractivity contribution in [3.63, 3.8) is 0 Å². The normalized spacial score (nSPS) is 11.3. The van der Waals surface area contributed by atoms with E-state index in [4.69, 9.17) is 11.6 Å². The fraction of sp³-hybridized carbons (Fsp3) is 0. The summed E-state index contributed by atoms with van der Waals surface area (Å²) in [6.07, 6.45) is 0. The number of halogens is 1. The van der Waals surface area contributed by atoms with Gasteiger partial charge in [-0.25, -0.2) is 0 Å². The first-order chi connectivity index (χ1) is 15.8. The first kappa shape index (κ1) is 18.9. The maximum absolute atomic E-state index is 6.17. The third-order valence-corrected chi connectivity index (χ3v) is 6.33. The van der Waals surface area contributed by atoms with Crippen molar-refractivity contribution in [3.8, 4) is 27.9 Å². The van der Waals surface area contributed by atoms with E-state index >= 15 is 0 Å². The van der Waals surface area contributed by atoms with Crippen LogP contribution in [0.2, 0.25) is 5.02 Å². The molecule has 0 N–H and O–H groups in total. The highest BCUT2D eigenvalue weighted by Crippen LogP contribution is 2.37. The quantitative estimate of drug-likeness (QED) is 0.265. The topological polar surface area (TPSA) is 4.93 Å². The van der Waals surface area contributed by atoms with E-state index in [9.17, 15) is 0 Å². The molecule has 0 aliphatic heterocycles. The molecule has 152 valence electrons. The smallest absolute Gasteiger partial charge is 0.0547 e. The molecule has 1 heterocycles. The van der Waals surface area contributed by atoms with Gasteiger partial charge in [0.25, 0.3) is 0 Å². The second kappa shape index (κ2) is 7.71. The van der Waals surface area contributed by atoms with E-state index in [0.717, 1.165) is 16.3 Å². The lowest BCUT2D eigenvalue weighted by Crippen LogP contribution is -1.97. The van der Waals surface area contributed by atoms with Crippen LogP contribution in [-0.4, -0.2) is 4.57 Å². The maximum Gasteiger partial charge on any atom is 0.0547 e. The predicted octanol–water partition coefficient (Wildman–Crippen LogP) is 8.77. The Hall–Kier alpha value is -3.81. The van der Waals surface area contributed by atoms with Crippen LogP contribution in [0, 0.1) is 0 Å². The Morgan fingerprint density at radius 3 is 1.97 bits per heavy atom. The fourth-order valence-corrected chi connectivity index (χ4v) is 4.71. The highest BCUT2D eigenvalue weighted by molar-refractivity contribution is 6.30. The largest absolute Gasteiger partial charge is 0.309 e. The molecule has 0 atom stereocenters. The minimum atomic E-state index is 0.746. The van der Waals surface area contributed by atoms with Gasteiger partial charge in [0.05, 0.1) is 16.7 Å². The lowest BCUT2D eigenvalue weighted by Gasteiger charge is -2.14. The highest BCUT2D eigenvalue weighted by atomic mass is 35.5. The monoisotopic (exact) mass is 429 g/mol. The van der Waals surface area contributed by atoms with Gasteiger partial charge in [0, 0.05) is 21.4 Å².